The number of halogens is 1. The normalized spacial score (nSPS) is 12.2. The Morgan fingerprint density at radius 1 is 1.05 bits per heavy atom. The van der Waals surface area contributed by atoms with Crippen LogP contribution in [0.25, 0.3) is 0 Å². The summed E-state index contributed by atoms with van der Waals surface area (Å²) in [6, 6.07) is 10.6. The molecule has 0 bridgehead atoms. The maximum absolute atomic E-state index is 13.4. The molecular formula is C17H19FO2. The Kier molecular flexibility index (Phi) is 4.40. The van der Waals surface area contributed by atoms with Gasteiger partial charge in [-0.05, 0) is 38.0 Å². The summed E-state index contributed by atoms with van der Waals surface area (Å²) < 4.78 is 18.8. The van der Waals surface area contributed by atoms with Gasteiger partial charge in [-0.3, -0.25) is 0 Å². The molecule has 0 aromatic heterocycles. The third kappa shape index (κ3) is 3.58. The average molecular weight is 274 g/mol. The molecule has 0 saturated heterocycles. The Balaban J connectivity index is 2.04. The Labute approximate surface area is 118 Å². The van der Waals surface area contributed by atoms with E-state index in [9.17, 15) is 9.50 Å². The maximum Gasteiger partial charge on any atom is 0.129 e. The minimum absolute atomic E-state index is 0.103. The van der Waals surface area contributed by atoms with Gasteiger partial charge in [0.1, 0.15) is 24.3 Å². The van der Waals surface area contributed by atoms with Crippen LogP contribution in [0.1, 0.15) is 28.4 Å². The molecule has 0 amide bonds. The summed E-state index contributed by atoms with van der Waals surface area (Å²) in [7, 11) is 0. The SMILES string of the molecule is Cc1cc(C)cc(C(O)COc2ccc(C)c(F)c2)c1. The van der Waals surface area contributed by atoms with E-state index in [4.69, 9.17) is 4.74 Å². The molecule has 20 heavy (non-hydrogen) atoms. The lowest BCUT2D eigenvalue weighted by atomic mass is 10.0. The average Bonchev–Trinajstić information content (AvgIpc) is 2.38. The van der Waals surface area contributed by atoms with E-state index >= 15 is 0 Å². The van der Waals surface area contributed by atoms with Crippen molar-refractivity contribution in [2.75, 3.05) is 6.61 Å². The number of hydrogen-bond acceptors (Lipinski definition) is 2. The lowest BCUT2D eigenvalue weighted by molar-refractivity contribution is 0.108. The minimum Gasteiger partial charge on any atom is -0.490 e. The number of hydrogen-bond donors (Lipinski definition) is 1. The van der Waals surface area contributed by atoms with Gasteiger partial charge in [-0.2, -0.15) is 0 Å². The van der Waals surface area contributed by atoms with Gasteiger partial charge in [0.05, 0.1) is 0 Å². The first-order valence-electron chi connectivity index (χ1n) is 6.61. The Morgan fingerprint density at radius 2 is 1.70 bits per heavy atom. The molecule has 2 aromatic rings. The first kappa shape index (κ1) is 14.5. The molecule has 0 aliphatic heterocycles. The fourth-order valence-electron chi connectivity index (χ4n) is 2.14. The summed E-state index contributed by atoms with van der Waals surface area (Å²) in [6.07, 6.45) is -0.724. The predicted molar refractivity (Wildman–Crippen MR) is 77.5 cm³/mol. The molecule has 0 spiro atoms. The molecule has 0 aliphatic rings. The van der Waals surface area contributed by atoms with Crippen LogP contribution in [-0.2, 0) is 0 Å². The zero-order valence-electron chi connectivity index (χ0n) is 12.0. The van der Waals surface area contributed by atoms with Crippen LogP contribution in [0.15, 0.2) is 36.4 Å². The van der Waals surface area contributed by atoms with Crippen molar-refractivity contribution in [3.63, 3.8) is 0 Å². The third-order valence-corrected chi connectivity index (χ3v) is 3.18. The van der Waals surface area contributed by atoms with Crippen LogP contribution < -0.4 is 4.74 Å². The molecule has 3 heteroatoms. The van der Waals surface area contributed by atoms with Crippen LogP contribution in [0.4, 0.5) is 4.39 Å². The van der Waals surface area contributed by atoms with Crippen molar-refractivity contribution < 1.29 is 14.2 Å². The first-order valence-corrected chi connectivity index (χ1v) is 6.61. The van der Waals surface area contributed by atoms with Crippen molar-refractivity contribution in [1.29, 1.82) is 0 Å². The summed E-state index contributed by atoms with van der Waals surface area (Å²) >= 11 is 0. The lowest BCUT2D eigenvalue weighted by Gasteiger charge is -2.14. The number of benzene rings is 2. The van der Waals surface area contributed by atoms with Gasteiger partial charge in [0.2, 0.25) is 0 Å². The van der Waals surface area contributed by atoms with Crippen molar-refractivity contribution in [2.24, 2.45) is 0 Å². The van der Waals surface area contributed by atoms with Crippen LogP contribution >= 0.6 is 0 Å². The Hall–Kier alpha value is -1.87. The zero-order valence-corrected chi connectivity index (χ0v) is 12.0. The Morgan fingerprint density at radius 3 is 2.30 bits per heavy atom. The van der Waals surface area contributed by atoms with E-state index in [-0.39, 0.29) is 12.4 Å². The second kappa shape index (κ2) is 6.06. The number of aliphatic hydroxyl groups is 1. The van der Waals surface area contributed by atoms with Gasteiger partial charge in [0.15, 0.2) is 0 Å². The summed E-state index contributed by atoms with van der Waals surface area (Å²) in [5.74, 6) is 0.125. The van der Waals surface area contributed by atoms with Crippen molar-refractivity contribution >= 4 is 0 Å². The second-order valence-electron chi connectivity index (χ2n) is 5.16. The van der Waals surface area contributed by atoms with Crippen molar-refractivity contribution in [3.05, 3.63) is 64.5 Å². The fourth-order valence-corrected chi connectivity index (χ4v) is 2.14. The van der Waals surface area contributed by atoms with Gasteiger partial charge in [0.25, 0.3) is 0 Å². The van der Waals surface area contributed by atoms with Crippen molar-refractivity contribution in [1.82, 2.24) is 0 Å². The zero-order chi connectivity index (χ0) is 14.7. The summed E-state index contributed by atoms with van der Waals surface area (Å²) in [6.45, 7) is 5.77. The monoisotopic (exact) mass is 274 g/mol. The van der Waals surface area contributed by atoms with Crippen LogP contribution in [0.2, 0.25) is 0 Å². The largest absolute Gasteiger partial charge is 0.490 e. The van der Waals surface area contributed by atoms with Crippen LogP contribution in [-0.4, -0.2) is 11.7 Å². The van der Waals surface area contributed by atoms with Crippen LogP contribution in [0.5, 0.6) is 5.75 Å². The van der Waals surface area contributed by atoms with Crippen LogP contribution in [0.3, 0.4) is 0 Å². The molecule has 0 heterocycles. The number of rotatable bonds is 4. The number of aliphatic hydroxyl groups excluding tert-OH is 1. The molecule has 1 atom stereocenters. The summed E-state index contributed by atoms with van der Waals surface area (Å²) in [4.78, 5) is 0. The first-order chi connectivity index (χ1) is 9.45. The molecule has 2 rings (SSSR count). The highest BCUT2D eigenvalue weighted by Crippen LogP contribution is 2.20. The summed E-state index contributed by atoms with van der Waals surface area (Å²) in [5, 5.41) is 10.1. The lowest BCUT2D eigenvalue weighted by Crippen LogP contribution is -2.10. The highest BCUT2D eigenvalue weighted by Gasteiger charge is 2.10. The molecule has 0 aliphatic carbocycles. The molecule has 0 fully saturated rings. The molecule has 2 aromatic carbocycles. The van der Waals surface area contributed by atoms with Gasteiger partial charge < -0.3 is 9.84 Å². The van der Waals surface area contributed by atoms with Gasteiger partial charge in [0, 0.05) is 6.07 Å². The Bertz CT molecular complexity index is 588. The third-order valence-electron chi connectivity index (χ3n) is 3.18. The predicted octanol–water partition coefficient (Wildman–Crippen LogP) is 3.86. The molecule has 1 N–H and O–H groups in total. The van der Waals surface area contributed by atoms with Gasteiger partial charge in [-0.25, -0.2) is 4.39 Å². The van der Waals surface area contributed by atoms with E-state index in [1.807, 2.05) is 32.0 Å². The van der Waals surface area contributed by atoms with E-state index in [1.165, 1.54) is 6.07 Å². The van der Waals surface area contributed by atoms with Gasteiger partial charge in [-0.1, -0.05) is 35.4 Å². The standard InChI is InChI=1S/C17H19FO2/c1-11-6-12(2)8-14(7-11)17(19)10-20-15-5-4-13(3)16(18)9-15/h4-9,17,19H,10H2,1-3H3. The molecular weight excluding hydrogens is 255 g/mol. The minimum atomic E-state index is -0.724. The molecule has 1 unspecified atom stereocenters. The number of aryl methyl sites for hydroxylation is 3. The molecule has 106 valence electrons. The second-order valence-corrected chi connectivity index (χ2v) is 5.16. The van der Waals surface area contributed by atoms with Crippen molar-refractivity contribution in [3.8, 4) is 5.75 Å². The topological polar surface area (TPSA) is 29.5 Å². The van der Waals surface area contributed by atoms with E-state index in [2.05, 4.69) is 0 Å². The van der Waals surface area contributed by atoms with Crippen LogP contribution in [0, 0.1) is 26.6 Å². The molecule has 0 radical (unpaired) electrons. The highest BCUT2D eigenvalue weighted by molar-refractivity contribution is 5.31. The quantitative estimate of drug-likeness (QED) is 0.917. The van der Waals surface area contributed by atoms with Gasteiger partial charge >= 0.3 is 0 Å². The maximum atomic E-state index is 13.4. The van der Waals surface area contributed by atoms with E-state index < -0.39 is 6.10 Å². The fraction of sp³-hybridized carbons (Fsp3) is 0.294. The highest BCUT2D eigenvalue weighted by atomic mass is 19.1. The van der Waals surface area contributed by atoms with E-state index in [0.717, 1.165) is 16.7 Å². The van der Waals surface area contributed by atoms with Gasteiger partial charge in [-0.15, -0.1) is 0 Å². The van der Waals surface area contributed by atoms with Crippen molar-refractivity contribution in [2.45, 2.75) is 26.9 Å². The summed E-state index contributed by atoms with van der Waals surface area (Å²) in [5.41, 5.74) is 3.59. The molecule has 0 saturated carbocycles. The molecule has 2 nitrogen and oxygen atoms in total. The number of ether oxygens (including phenoxy) is 1. The smallest absolute Gasteiger partial charge is 0.129 e. The van der Waals surface area contributed by atoms with E-state index in [0.29, 0.717) is 11.3 Å². The van der Waals surface area contributed by atoms with E-state index in [1.54, 1.807) is 19.1 Å².